The van der Waals surface area contributed by atoms with Crippen LogP contribution in [0.15, 0.2) is 34.8 Å². The van der Waals surface area contributed by atoms with Crippen LogP contribution < -0.4 is 27.0 Å². The van der Waals surface area contributed by atoms with Crippen molar-refractivity contribution in [2.45, 2.75) is 38.1 Å². The van der Waals surface area contributed by atoms with Gasteiger partial charge in [0.05, 0.1) is 11.0 Å². The predicted molar refractivity (Wildman–Crippen MR) is 148 cm³/mol. The van der Waals surface area contributed by atoms with Crippen LogP contribution in [0.3, 0.4) is 0 Å². The molecule has 1 aromatic heterocycles. The lowest BCUT2D eigenvalue weighted by Gasteiger charge is -2.36. The van der Waals surface area contributed by atoms with Gasteiger partial charge < -0.3 is 36.6 Å². The summed E-state index contributed by atoms with van der Waals surface area (Å²) in [6.45, 7) is 2.35. The van der Waals surface area contributed by atoms with E-state index < -0.39 is 58.0 Å². The van der Waals surface area contributed by atoms with Crippen molar-refractivity contribution >= 4 is 69.2 Å². The summed E-state index contributed by atoms with van der Waals surface area (Å²) >= 11 is 6.45. The molecule has 224 valence electrons. The van der Waals surface area contributed by atoms with Crippen LogP contribution in [0.4, 0.5) is 15.6 Å². The number of thiazole rings is 1. The number of nitro groups is 1. The van der Waals surface area contributed by atoms with Gasteiger partial charge in [0.25, 0.3) is 11.6 Å². The molecule has 1 aliphatic rings. The average molecular weight is 625 g/mol. The molecule has 2 aromatic rings. The SMILES string of the molecule is CC(C)(O/N=C(\C(=O)N[C@H]1C(=O)N[C@H]1CNC(N)=O)c1csc(NC(=O)CCl)n1)C(=O)OCc1ccc([N+](=O)[O-])cc1. The molecule has 0 aliphatic carbocycles. The molecular formula is C23H25ClN8O9S. The Morgan fingerprint density at radius 3 is 2.55 bits per heavy atom. The molecular weight excluding hydrogens is 600 g/mol. The largest absolute Gasteiger partial charge is 0.458 e. The fourth-order valence-electron chi connectivity index (χ4n) is 3.23. The van der Waals surface area contributed by atoms with Gasteiger partial charge in [0, 0.05) is 24.1 Å². The Morgan fingerprint density at radius 1 is 1.26 bits per heavy atom. The fraction of sp³-hybridized carbons (Fsp3) is 0.348. The molecule has 1 saturated heterocycles. The number of oxime groups is 1. The lowest BCUT2D eigenvalue weighted by atomic mass is 9.98. The summed E-state index contributed by atoms with van der Waals surface area (Å²) in [4.78, 5) is 80.4. The number of nitrogens with one attached hydrogen (secondary N) is 4. The normalized spacial score (nSPS) is 16.4. The number of ether oxygens (including phenoxy) is 1. The number of aromatic nitrogens is 1. The van der Waals surface area contributed by atoms with E-state index in [0.717, 1.165) is 11.3 Å². The number of anilines is 1. The minimum atomic E-state index is -1.74. The van der Waals surface area contributed by atoms with E-state index in [1.165, 1.54) is 43.5 Å². The van der Waals surface area contributed by atoms with E-state index in [4.69, 9.17) is 26.9 Å². The van der Waals surface area contributed by atoms with Crippen molar-refractivity contribution in [1.82, 2.24) is 20.9 Å². The van der Waals surface area contributed by atoms with E-state index in [2.05, 4.69) is 31.4 Å². The van der Waals surface area contributed by atoms with Gasteiger partial charge in [0.15, 0.2) is 10.8 Å². The molecule has 5 amide bonds. The third kappa shape index (κ3) is 8.33. The molecule has 2 atom stereocenters. The predicted octanol–water partition coefficient (Wildman–Crippen LogP) is 0.123. The maximum atomic E-state index is 13.2. The van der Waals surface area contributed by atoms with Gasteiger partial charge in [-0.1, -0.05) is 5.16 Å². The highest BCUT2D eigenvalue weighted by Gasteiger charge is 2.41. The Kier molecular flexibility index (Phi) is 10.3. The number of halogens is 1. The Bertz CT molecular complexity index is 1410. The van der Waals surface area contributed by atoms with Crippen molar-refractivity contribution in [2.24, 2.45) is 10.9 Å². The van der Waals surface area contributed by atoms with E-state index in [1.807, 2.05) is 0 Å². The second-order valence-electron chi connectivity index (χ2n) is 9.07. The number of amides is 5. The molecule has 6 N–H and O–H groups in total. The molecule has 0 spiro atoms. The fourth-order valence-corrected chi connectivity index (χ4v) is 4.01. The van der Waals surface area contributed by atoms with Gasteiger partial charge in [-0.3, -0.25) is 24.5 Å². The monoisotopic (exact) mass is 624 g/mol. The Balaban J connectivity index is 1.76. The van der Waals surface area contributed by atoms with Crippen LogP contribution in [0, 0.1) is 10.1 Å². The van der Waals surface area contributed by atoms with E-state index >= 15 is 0 Å². The van der Waals surface area contributed by atoms with Crippen LogP contribution in [0.2, 0.25) is 0 Å². The van der Waals surface area contributed by atoms with Crippen LogP contribution in [-0.2, 0) is 35.4 Å². The van der Waals surface area contributed by atoms with Gasteiger partial charge in [-0.05, 0) is 31.5 Å². The number of esters is 1. The van der Waals surface area contributed by atoms with Crippen LogP contribution in [0.5, 0.6) is 0 Å². The van der Waals surface area contributed by atoms with E-state index in [0.29, 0.717) is 5.56 Å². The molecule has 0 saturated carbocycles. The molecule has 1 fully saturated rings. The van der Waals surface area contributed by atoms with Crippen LogP contribution in [0.25, 0.3) is 0 Å². The first-order chi connectivity index (χ1) is 19.8. The maximum Gasteiger partial charge on any atom is 0.353 e. The zero-order chi connectivity index (χ0) is 31.0. The number of hydrogen-bond donors (Lipinski definition) is 5. The number of rotatable bonds is 13. The van der Waals surface area contributed by atoms with Crippen LogP contribution in [0.1, 0.15) is 25.1 Å². The number of carbonyl (C=O) groups is 5. The number of nitrogens with two attached hydrogens (primary N) is 1. The number of benzene rings is 1. The van der Waals surface area contributed by atoms with E-state index in [1.54, 1.807) is 0 Å². The molecule has 1 aliphatic heterocycles. The van der Waals surface area contributed by atoms with E-state index in [9.17, 15) is 34.1 Å². The summed E-state index contributed by atoms with van der Waals surface area (Å²) in [5.41, 5.74) is 3.15. The molecule has 17 nitrogen and oxygen atoms in total. The highest BCUT2D eigenvalue weighted by molar-refractivity contribution is 7.14. The van der Waals surface area contributed by atoms with Gasteiger partial charge in [0.2, 0.25) is 17.4 Å². The van der Waals surface area contributed by atoms with Crippen molar-refractivity contribution in [3.63, 3.8) is 0 Å². The van der Waals surface area contributed by atoms with Gasteiger partial charge in [0.1, 0.15) is 24.2 Å². The van der Waals surface area contributed by atoms with Gasteiger partial charge >= 0.3 is 12.0 Å². The molecule has 1 aromatic carbocycles. The molecule has 42 heavy (non-hydrogen) atoms. The second kappa shape index (κ2) is 13.7. The molecule has 0 unspecified atom stereocenters. The summed E-state index contributed by atoms with van der Waals surface area (Å²) in [5.74, 6) is -3.23. The number of alkyl halides is 1. The summed E-state index contributed by atoms with van der Waals surface area (Å²) < 4.78 is 5.24. The number of β-lactam (4-membered cyclic amide) rings is 1. The van der Waals surface area contributed by atoms with Crippen molar-refractivity contribution in [1.29, 1.82) is 0 Å². The smallest absolute Gasteiger partial charge is 0.353 e. The standard InChI is InChI=1S/C23H25ClN8O9S/c1-23(2,20(36)40-9-11-3-5-12(6-4-11)32(38)39)41-31-17(14-10-42-22(28-14)29-15(33)7-24)19(35)30-16-13(27-18(16)34)8-26-21(25)37/h3-6,10,13,16H,7-9H2,1-2H3,(H,27,34)(H,30,35)(H3,25,26,37)(H,28,29,33)/b31-17-/t13-,16+/m0/s1. The molecule has 0 bridgehead atoms. The number of primary amides is 1. The zero-order valence-corrected chi connectivity index (χ0v) is 23.6. The highest BCUT2D eigenvalue weighted by atomic mass is 35.5. The molecule has 0 radical (unpaired) electrons. The quantitative estimate of drug-likeness (QED) is 0.0503. The van der Waals surface area contributed by atoms with Crippen LogP contribution >= 0.6 is 22.9 Å². The Hall–Kier alpha value is -4.84. The minimum absolute atomic E-state index is 0.0616. The first-order valence-corrected chi connectivity index (χ1v) is 13.3. The first-order valence-electron chi connectivity index (χ1n) is 11.9. The summed E-state index contributed by atoms with van der Waals surface area (Å²) in [6.07, 6.45) is 0. The summed E-state index contributed by atoms with van der Waals surface area (Å²) in [7, 11) is 0. The van der Waals surface area contributed by atoms with E-state index in [-0.39, 0.29) is 35.5 Å². The minimum Gasteiger partial charge on any atom is -0.458 e. The average Bonchev–Trinajstić information content (AvgIpc) is 3.40. The van der Waals surface area contributed by atoms with Gasteiger partial charge in [-0.15, -0.1) is 22.9 Å². The highest BCUT2D eigenvalue weighted by Crippen LogP contribution is 2.20. The third-order valence-corrected chi connectivity index (χ3v) is 6.50. The van der Waals surface area contributed by atoms with Crippen molar-refractivity contribution < 1.29 is 38.5 Å². The molecule has 19 heteroatoms. The Morgan fingerprint density at radius 2 is 1.95 bits per heavy atom. The lowest BCUT2D eigenvalue weighted by molar-refractivity contribution is -0.384. The Labute approximate surface area is 246 Å². The molecule has 2 heterocycles. The summed E-state index contributed by atoms with van der Waals surface area (Å²) in [5, 5.41) is 25.8. The van der Waals surface area contributed by atoms with Crippen LogP contribution in [-0.4, -0.2) is 75.5 Å². The van der Waals surface area contributed by atoms with Crippen molar-refractivity contribution in [2.75, 3.05) is 17.7 Å². The number of carbonyl (C=O) groups excluding carboxylic acids is 5. The van der Waals surface area contributed by atoms with Gasteiger partial charge in [-0.25, -0.2) is 14.6 Å². The summed E-state index contributed by atoms with van der Waals surface area (Å²) in [6, 6.07) is 2.80. The topological polar surface area (TPSA) is 246 Å². The number of hydrogen-bond acceptors (Lipinski definition) is 12. The number of nitro benzene ring substituents is 1. The number of urea groups is 1. The zero-order valence-electron chi connectivity index (χ0n) is 22.0. The first kappa shape index (κ1) is 31.7. The lowest BCUT2D eigenvalue weighted by Crippen LogP contribution is -2.72. The van der Waals surface area contributed by atoms with Gasteiger partial charge in [-0.2, -0.15) is 0 Å². The number of non-ortho nitro benzene ring substituents is 1. The van der Waals surface area contributed by atoms with Crippen molar-refractivity contribution in [3.8, 4) is 0 Å². The third-order valence-electron chi connectivity index (χ3n) is 5.50. The molecule has 3 rings (SSSR count). The van der Waals surface area contributed by atoms with Crippen molar-refractivity contribution in [3.05, 3.63) is 51.0 Å². The number of nitrogens with zero attached hydrogens (tertiary/aromatic N) is 3. The maximum absolute atomic E-state index is 13.2. The second-order valence-corrected chi connectivity index (χ2v) is 10.2.